The number of carbonyl (C=O) groups is 2. The van der Waals surface area contributed by atoms with E-state index in [9.17, 15) is 9.59 Å². The van der Waals surface area contributed by atoms with Crippen molar-refractivity contribution in [1.82, 2.24) is 0 Å². The molecular weight excluding hydrogens is 428 g/mol. The summed E-state index contributed by atoms with van der Waals surface area (Å²) in [6.45, 7) is 3.84. The molecule has 0 fully saturated rings. The van der Waals surface area contributed by atoms with E-state index in [0.29, 0.717) is 22.9 Å². The highest BCUT2D eigenvalue weighted by molar-refractivity contribution is 5.89. The largest absolute Gasteiger partial charge is 0.417 e. The minimum absolute atomic E-state index is 0.478. The van der Waals surface area contributed by atoms with Crippen LogP contribution >= 0.6 is 0 Å². The molecule has 170 valence electrons. The minimum atomic E-state index is -0.546. The summed E-state index contributed by atoms with van der Waals surface area (Å²) in [5.74, 6) is 0.956. The van der Waals surface area contributed by atoms with E-state index in [4.69, 9.17) is 9.47 Å². The first kappa shape index (κ1) is 22.6. The number of carbonyl (C=O) groups excluding carboxylic acids is 2. The van der Waals surface area contributed by atoms with E-state index in [1.165, 1.54) is 0 Å². The molecule has 0 saturated heterocycles. The Hall–Kier alpha value is -4.58. The van der Waals surface area contributed by atoms with Crippen LogP contribution in [0, 0.1) is 13.8 Å². The van der Waals surface area contributed by atoms with E-state index in [-0.39, 0.29) is 0 Å². The summed E-state index contributed by atoms with van der Waals surface area (Å²) in [5.41, 5.74) is 5.11. The molecule has 0 spiro atoms. The summed E-state index contributed by atoms with van der Waals surface area (Å²) in [7, 11) is 0. The molecule has 6 nitrogen and oxygen atoms in total. The third kappa shape index (κ3) is 5.81. The lowest BCUT2D eigenvalue weighted by molar-refractivity contribution is 0.214. The van der Waals surface area contributed by atoms with Crippen LogP contribution in [0.5, 0.6) is 11.5 Å². The van der Waals surface area contributed by atoms with Crippen LogP contribution in [0.3, 0.4) is 0 Å². The average Bonchev–Trinajstić information content (AvgIpc) is 2.83. The molecule has 0 heterocycles. The number of anilines is 2. The monoisotopic (exact) mass is 452 g/mol. The van der Waals surface area contributed by atoms with Gasteiger partial charge in [0.05, 0.1) is 0 Å². The second kappa shape index (κ2) is 10.4. The van der Waals surface area contributed by atoms with Gasteiger partial charge < -0.3 is 9.47 Å². The van der Waals surface area contributed by atoms with Gasteiger partial charge in [-0.15, -0.1) is 0 Å². The molecule has 0 atom stereocenters. The first-order valence-corrected chi connectivity index (χ1v) is 10.8. The van der Waals surface area contributed by atoms with Crippen molar-refractivity contribution >= 4 is 23.6 Å². The fraction of sp³-hybridized carbons (Fsp3) is 0.0714. The normalized spacial score (nSPS) is 10.3. The first-order valence-electron chi connectivity index (χ1n) is 10.8. The number of hydrogen-bond donors (Lipinski definition) is 2. The Morgan fingerprint density at radius 3 is 1.29 bits per heavy atom. The lowest BCUT2D eigenvalue weighted by atomic mass is 10.00. The molecule has 0 aliphatic carbocycles. The van der Waals surface area contributed by atoms with Crippen LogP contribution in [0.4, 0.5) is 21.0 Å². The molecule has 0 unspecified atom stereocenters. The Morgan fingerprint density at radius 2 is 0.941 bits per heavy atom. The third-order valence-electron chi connectivity index (χ3n) is 5.17. The third-order valence-corrected chi connectivity index (χ3v) is 5.17. The van der Waals surface area contributed by atoms with E-state index in [1.807, 2.05) is 62.4 Å². The van der Waals surface area contributed by atoms with E-state index < -0.39 is 12.2 Å². The fourth-order valence-corrected chi connectivity index (χ4v) is 3.43. The topological polar surface area (TPSA) is 76.7 Å². The number of aryl methyl sites for hydroxylation is 2. The van der Waals surface area contributed by atoms with Crippen LogP contribution in [0.25, 0.3) is 11.1 Å². The second-order valence-corrected chi connectivity index (χ2v) is 7.71. The smallest absolute Gasteiger partial charge is 0.410 e. The summed E-state index contributed by atoms with van der Waals surface area (Å²) < 4.78 is 10.6. The Morgan fingerprint density at radius 1 is 0.559 bits per heavy atom. The van der Waals surface area contributed by atoms with E-state index >= 15 is 0 Å². The molecule has 0 radical (unpaired) electrons. The summed E-state index contributed by atoms with van der Waals surface area (Å²) in [5, 5.41) is 5.55. The van der Waals surface area contributed by atoms with Gasteiger partial charge in [-0.2, -0.15) is 0 Å². The average molecular weight is 453 g/mol. The van der Waals surface area contributed by atoms with Crippen molar-refractivity contribution < 1.29 is 19.1 Å². The van der Waals surface area contributed by atoms with Crippen molar-refractivity contribution in [3.63, 3.8) is 0 Å². The van der Waals surface area contributed by atoms with Crippen LogP contribution in [0.1, 0.15) is 11.1 Å². The Labute approximate surface area is 198 Å². The lowest BCUT2D eigenvalue weighted by Crippen LogP contribution is -2.17. The zero-order valence-electron chi connectivity index (χ0n) is 18.9. The van der Waals surface area contributed by atoms with Crippen LogP contribution in [0.15, 0.2) is 97.1 Å². The maximum Gasteiger partial charge on any atom is 0.417 e. The molecule has 6 heteroatoms. The molecule has 4 aromatic carbocycles. The molecule has 2 amide bonds. The minimum Gasteiger partial charge on any atom is -0.410 e. The lowest BCUT2D eigenvalue weighted by Gasteiger charge is -2.13. The van der Waals surface area contributed by atoms with Gasteiger partial charge >= 0.3 is 12.2 Å². The van der Waals surface area contributed by atoms with Gasteiger partial charge in [-0.3, -0.25) is 10.6 Å². The van der Waals surface area contributed by atoms with Gasteiger partial charge in [0.1, 0.15) is 11.5 Å². The number of rotatable bonds is 5. The van der Waals surface area contributed by atoms with Crippen molar-refractivity contribution in [2.24, 2.45) is 0 Å². The maximum atomic E-state index is 12.2. The fourth-order valence-electron chi connectivity index (χ4n) is 3.43. The van der Waals surface area contributed by atoms with Crippen molar-refractivity contribution in [3.8, 4) is 22.6 Å². The number of para-hydroxylation sites is 2. The number of nitrogens with one attached hydrogen (secondary N) is 2. The van der Waals surface area contributed by atoms with Gasteiger partial charge in [0, 0.05) is 11.4 Å². The second-order valence-electron chi connectivity index (χ2n) is 7.71. The summed E-state index contributed by atoms with van der Waals surface area (Å²) in [6, 6.07) is 29.3. The van der Waals surface area contributed by atoms with Gasteiger partial charge in [0.2, 0.25) is 0 Å². The first-order chi connectivity index (χ1) is 16.5. The summed E-state index contributed by atoms with van der Waals surface area (Å²) >= 11 is 0. The number of hydrogen-bond acceptors (Lipinski definition) is 4. The standard InChI is InChI=1S/C28H24N2O4/c1-19-17-21(13-15-25(19)29-27(31)33-23-9-5-3-6-10-23)22-14-16-26(20(2)18-22)30-28(32)34-24-11-7-4-8-12-24/h3-18H,1-2H3,(H,29,31)(H,30,32). The zero-order chi connectivity index (χ0) is 23.9. The van der Waals surface area contributed by atoms with Gasteiger partial charge in [0.25, 0.3) is 0 Å². The molecular formula is C28H24N2O4. The highest BCUT2D eigenvalue weighted by Gasteiger charge is 2.11. The molecule has 34 heavy (non-hydrogen) atoms. The highest BCUT2D eigenvalue weighted by atomic mass is 16.6. The SMILES string of the molecule is Cc1cc(-c2ccc(NC(=O)Oc3ccccc3)c(C)c2)ccc1NC(=O)Oc1ccccc1. The van der Waals surface area contributed by atoms with E-state index in [2.05, 4.69) is 10.6 Å². The number of benzene rings is 4. The van der Waals surface area contributed by atoms with Gasteiger partial charge in [-0.05, 0) is 84.6 Å². The van der Waals surface area contributed by atoms with Crippen LogP contribution in [0.2, 0.25) is 0 Å². The molecule has 0 aliphatic rings. The quantitative estimate of drug-likeness (QED) is 0.336. The number of ether oxygens (including phenoxy) is 2. The predicted molar refractivity (Wildman–Crippen MR) is 134 cm³/mol. The molecule has 2 N–H and O–H groups in total. The summed E-state index contributed by atoms with van der Waals surface area (Å²) in [6.07, 6.45) is -1.09. The van der Waals surface area contributed by atoms with Crippen molar-refractivity contribution in [1.29, 1.82) is 0 Å². The van der Waals surface area contributed by atoms with Crippen molar-refractivity contribution in [3.05, 3.63) is 108 Å². The van der Waals surface area contributed by atoms with Gasteiger partial charge in [0.15, 0.2) is 0 Å². The molecule has 0 aromatic heterocycles. The van der Waals surface area contributed by atoms with Crippen molar-refractivity contribution in [2.45, 2.75) is 13.8 Å². The Bertz CT molecular complexity index is 1200. The number of amides is 2. The van der Waals surface area contributed by atoms with Crippen molar-refractivity contribution in [2.75, 3.05) is 10.6 Å². The summed E-state index contributed by atoms with van der Waals surface area (Å²) in [4.78, 5) is 24.4. The van der Waals surface area contributed by atoms with Crippen LogP contribution in [-0.2, 0) is 0 Å². The van der Waals surface area contributed by atoms with Crippen LogP contribution in [-0.4, -0.2) is 12.2 Å². The van der Waals surface area contributed by atoms with E-state index in [1.54, 1.807) is 48.5 Å². The van der Waals surface area contributed by atoms with Gasteiger partial charge in [-0.1, -0.05) is 48.5 Å². The molecule has 4 rings (SSSR count). The molecule has 0 saturated carbocycles. The Balaban J connectivity index is 1.41. The van der Waals surface area contributed by atoms with Gasteiger partial charge in [-0.25, -0.2) is 9.59 Å². The molecule has 0 aliphatic heterocycles. The zero-order valence-corrected chi connectivity index (χ0v) is 18.9. The van der Waals surface area contributed by atoms with E-state index in [0.717, 1.165) is 22.3 Å². The van der Waals surface area contributed by atoms with Crippen LogP contribution < -0.4 is 20.1 Å². The molecule has 0 bridgehead atoms. The Kier molecular flexibility index (Phi) is 6.89. The highest BCUT2D eigenvalue weighted by Crippen LogP contribution is 2.28. The molecule has 4 aromatic rings. The maximum absolute atomic E-state index is 12.2. The predicted octanol–water partition coefficient (Wildman–Crippen LogP) is 7.19.